The SMILES string of the molecule is C=CCNC(=NCc1nnc(C)n1C)NC1CCC(CCC)CC1.I. The van der Waals surface area contributed by atoms with E-state index in [0.29, 0.717) is 19.1 Å². The second kappa shape index (κ2) is 11.5. The first-order chi connectivity index (χ1) is 11.6. The van der Waals surface area contributed by atoms with Crippen molar-refractivity contribution in [3.63, 3.8) is 0 Å². The normalized spacial score (nSPS) is 20.7. The molecule has 0 aliphatic heterocycles. The predicted molar refractivity (Wildman–Crippen MR) is 114 cm³/mol. The number of halogens is 1. The molecule has 1 aliphatic carbocycles. The third-order valence-corrected chi connectivity index (χ3v) is 4.86. The molecular weight excluding hydrogens is 427 g/mol. The average molecular weight is 460 g/mol. The molecule has 1 aliphatic rings. The van der Waals surface area contributed by atoms with Crippen molar-refractivity contribution < 1.29 is 0 Å². The maximum atomic E-state index is 4.68. The molecule has 1 aromatic heterocycles. The molecular formula is C18H33IN6. The van der Waals surface area contributed by atoms with Gasteiger partial charge in [-0.05, 0) is 38.5 Å². The standard InChI is InChI=1S/C18H32N6.HI/c1-5-7-15-8-10-16(11-9-15)21-18(19-12-6-2)20-13-17-23-22-14(3)24(17)4;/h6,15-16H,2,5,7-13H2,1,3-4H3,(H2,19,20,21);1H. The van der Waals surface area contributed by atoms with Crippen molar-refractivity contribution in [2.45, 2.75) is 65.0 Å². The maximum absolute atomic E-state index is 4.68. The van der Waals surface area contributed by atoms with Gasteiger partial charge < -0.3 is 15.2 Å². The topological polar surface area (TPSA) is 67.1 Å². The second-order valence-corrected chi connectivity index (χ2v) is 6.71. The van der Waals surface area contributed by atoms with E-state index >= 15 is 0 Å². The smallest absolute Gasteiger partial charge is 0.192 e. The Bertz CT molecular complexity index is 546. The lowest BCUT2D eigenvalue weighted by Gasteiger charge is -2.30. The van der Waals surface area contributed by atoms with Crippen molar-refractivity contribution in [2.75, 3.05) is 6.54 Å². The van der Waals surface area contributed by atoms with E-state index in [1.807, 2.05) is 24.6 Å². The molecule has 7 heteroatoms. The van der Waals surface area contributed by atoms with E-state index in [1.54, 1.807) is 0 Å². The van der Waals surface area contributed by atoms with Crippen LogP contribution in [0.15, 0.2) is 17.6 Å². The number of aromatic nitrogens is 3. The van der Waals surface area contributed by atoms with Gasteiger partial charge in [0.1, 0.15) is 12.4 Å². The highest BCUT2D eigenvalue weighted by atomic mass is 127. The fourth-order valence-electron chi connectivity index (χ4n) is 3.26. The molecule has 0 spiro atoms. The van der Waals surface area contributed by atoms with Gasteiger partial charge in [0.05, 0.1) is 0 Å². The molecule has 1 aromatic rings. The number of guanidine groups is 1. The summed E-state index contributed by atoms with van der Waals surface area (Å²) in [6.45, 7) is 9.23. The Morgan fingerprint density at radius 2 is 2.04 bits per heavy atom. The molecule has 6 nitrogen and oxygen atoms in total. The monoisotopic (exact) mass is 460 g/mol. The van der Waals surface area contributed by atoms with Crippen LogP contribution < -0.4 is 10.6 Å². The van der Waals surface area contributed by atoms with Crippen LogP contribution in [0.5, 0.6) is 0 Å². The molecule has 0 saturated heterocycles. The number of nitrogens with one attached hydrogen (secondary N) is 2. The quantitative estimate of drug-likeness (QED) is 0.284. The van der Waals surface area contributed by atoms with E-state index < -0.39 is 0 Å². The van der Waals surface area contributed by atoms with Crippen LogP contribution in [0.1, 0.15) is 57.1 Å². The molecule has 2 rings (SSSR count). The van der Waals surface area contributed by atoms with Crippen LogP contribution >= 0.6 is 24.0 Å². The molecule has 1 saturated carbocycles. The molecule has 0 bridgehead atoms. The summed E-state index contributed by atoms with van der Waals surface area (Å²) in [5.74, 6) is 3.53. The van der Waals surface area contributed by atoms with Gasteiger partial charge in [-0.25, -0.2) is 4.99 Å². The minimum atomic E-state index is 0. The summed E-state index contributed by atoms with van der Waals surface area (Å²) in [5.41, 5.74) is 0. The molecule has 1 heterocycles. The molecule has 0 atom stereocenters. The minimum absolute atomic E-state index is 0. The Morgan fingerprint density at radius 1 is 1.32 bits per heavy atom. The van der Waals surface area contributed by atoms with Crippen LogP contribution in [0.2, 0.25) is 0 Å². The van der Waals surface area contributed by atoms with Crippen LogP contribution in [0, 0.1) is 12.8 Å². The fraction of sp³-hybridized carbons (Fsp3) is 0.722. The van der Waals surface area contributed by atoms with E-state index in [4.69, 9.17) is 0 Å². The summed E-state index contributed by atoms with van der Waals surface area (Å²) < 4.78 is 1.98. The number of aliphatic imine (C=N–C) groups is 1. The first kappa shape index (κ1) is 21.9. The lowest BCUT2D eigenvalue weighted by atomic mass is 9.83. The number of nitrogens with zero attached hydrogens (tertiary/aromatic N) is 4. The van der Waals surface area contributed by atoms with Crippen molar-refractivity contribution >= 4 is 29.9 Å². The maximum Gasteiger partial charge on any atom is 0.192 e. The average Bonchev–Trinajstić information content (AvgIpc) is 2.91. The van der Waals surface area contributed by atoms with Gasteiger partial charge in [0, 0.05) is 19.6 Å². The van der Waals surface area contributed by atoms with Crippen LogP contribution in [-0.2, 0) is 13.6 Å². The minimum Gasteiger partial charge on any atom is -0.354 e. The highest BCUT2D eigenvalue weighted by molar-refractivity contribution is 14.0. The van der Waals surface area contributed by atoms with Crippen molar-refractivity contribution in [2.24, 2.45) is 18.0 Å². The van der Waals surface area contributed by atoms with Gasteiger partial charge in [-0.15, -0.1) is 40.8 Å². The first-order valence-corrected chi connectivity index (χ1v) is 9.14. The summed E-state index contributed by atoms with van der Waals surface area (Å²) in [4.78, 5) is 4.68. The lowest BCUT2D eigenvalue weighted by molar-refractivity contribution is 0.295. The van der Waals surface area contributed by atoms with Crippen molar-refractivity contribution in [1.82, 2.24) is 25.4 Å². The summed E-state index contributed by atoms with van der Waals surface area (Å²) in [7, 11) is 1.97. The molecule has 0 aromatic carbocycles. The zero-order valence-corrected chi connectivity index (χ0v) is 18.1. The zero-order valence-electron chi connectivity index (χ0n) is 15.8. The summed E-state index contributed by atoms with van der Waals surface area (Å²) in [5, 5.41) is 15.2. The number of aryl methyl sites for hydroxylation is 1. The highest BCUT2D eigenvalue weighted by Crippen LogP contribution is 2.27. The Hall–Kier alpha value is -1.12. The summed E-state index contributed by atoms with van der Waals surface area (Å²) in [6, 6.07) is 0.510. The number of rotatable bonds is 7. The van der Waals surface area contributed by atoms with Crippen LogP contribution in [-0.4, -0.2) is 33.3 Å². The molecule has 25 heavy (non-hydrogen) atoms. The third-order valence-electron chi connectivity index (χ3n) is 4.86. The number of hydrogen-bond donors (Lipinski definition) is 2. The molecule has 142 valence electrons. The van der Waals surface area contributed by atoms with Crippen molar-refractivity contribution in [3.8, 4) is 0 Å². The van der Waals surface area contributed by atoms with Crippen LogP contribution in [0.25, 0.3) is 0 Å². The Labute approximate surface area is 169 Å². The second-order valence-electron chi connectivity index (χ2n) is 6.71. The summed E-state index contributed by atoms with van der Waals surface area (Å²) >= 11 is 0. The Morgan fingerprint density at radius 3 is 2.60 bits per heavy atom. The predicted octanol–water partition coefficient (Wildman–Crippen LogP) is 3.32. The highest BCUT2D eigenvalue weighted by Gasteiger charge is 2.21. The van der Waals surface area contributed by atoms with Crippen LogP contribution in [0.4, 0.5) is 0 Å². The van der Waals surface area contributed by atoms with Crippen molar-refractivity contribution in [3.05, 3.63) is 24.3 Å². The lowest BCUT2D eigenvalue weighted by Crippen LogP contribution is -2.45. The largest absolute Gasteiger partial charge is 0.354 e. The molecule has 0 radical (unpaired) electrons. The first-order valence-electron chi connectivity index (χ1n) is 9.14. The van der Waals surface area contributed by atoms with Gasteiger partial charge >= 0.3 is 0 Å². The van der Waals surface area contributed by atoms with Crippen molar-refractivity contribution in [1.29, 1.82) is 0 Å². The van der Waals surface area contributed by atoms with E-state index in [9.17, 15) is 0 Å². The van der Waals surface area contributed by atoms with Gasteiger partial charge in [0.25, 0.3) is 0 Å². The van der Waals surface area contributed by atoms with E-state index in [0.717, 1.165) is 23.5 Å². The fourth-order valence-corrected chi connectivity index (χ4v) is 3.26. The van der Waals surface area contributed by atoms with Gasteiger partial charge in [0.15, 0.2) is 11.8 Å². The molecule has 0 unspecified atom stereocenters. The molecule has 1 fully saturated rings. The number of hydrogen-bond acceptors (Lipinski definition) is 3. The van der Waals surface area contributed by atoms with Crippen LogP contribution in [0.3, 0.4) is 0 Å². The van der Waals surface area contributed by atoms with E-state index in [1.165, 1.54) is 38.5 Å². The Kier molecular flexibility index (Phi) is 10.1. The van der Waals surface area contributed by atoms with Gasteiger partial charge in [-0.3, -0.25) is 0 Å². The van der Waals surface area contributed by atoms with Gasteiger partial charge in [-0.1, -0.05) is 25.8 Å². The van der Waals surface area contributed by atoms with Gasteiger partial charge in [0.2, 0.25) is 0 Å². The molecule has 0 amide bonds. The Balaban J connectivity index is 0.00000312. The zero-order chi connectivity index (χ0) is 17.4. The van der Waals surface area contributed by atoms with Gasteiger partial charge in [-0.2, -0.15) is 0 Å². The van der Waals surface area contributed by atoms with E-state index in [2.05, 4.69) is 39.3 Å². The summed E-state index contributed by atoms with van der Waals surface area (Å²) in [6.07, 6.45) is 9.61. The van der Waals surface area contributed by atoms with E-state index in [-0.39, 0.29) is 24.0 Å². The third kappa shape index (κ3) is 6.95. The molecule has 2 N–H and O–H groups in total.